The molecule has 0 aliphatic carbocycles. The zero-order valence-corrected chi connectivity index (χ0v) is 15.2. The Bertz CT molecular complexity index is 910. The van der Waals surface area contributed by atoms with Crippen molar-refractivity contribution in [2.75, 3.05) is 7.11 Å². The van der Waals surface area contributed by atoms with Crippen LogP contribution in [-0.4, -0.2) is 13.1 Å². The van der Waals surface area contributed by atoms with Crippen molar-refractivity contribution in [1.29, 1.82) is 0 Å². The van der Waals surface area contributed by atoms with E-state index in [4.69, 9.17) is 9.47 Å². The summed E-state index contributed by atoms with van der Waals surface area (Å²) in [6.45, 7) is 0.353. The van der Waals surface area contributed by atoms with E-state index in [9.17, 15) is 9.18 Å². The van der Waals surface area contributed by atoms with Crippen LogP contribution in [0.4, 0.5) is 4.39 Å². The van der Waals surface area contributed by atoms with Crippen LogP contribution >= 0.6 is 15.9 Å². The molecular formula is C20H16BrFO3. The minimum atomic E-state index is -0.351. The van der Waals surface area contributed by atoms with Crippen molar-refractivity contribution in [2.24, 2.45) is 0 Å². The minimum Gasteiger partial charge on any atom is -0.488 e. The molecule has 3 rings (SSSR count). The molecule has 0 heterocycles. The third-order valence-electron chi connectivity index (χ3n) is 3.87. The normalized spacial score (nSPS) is 10.7. The fourth-order valence-electron chi connectivity index (χ4n) is 2.60. The van der Waals surface area contributed by atoms with Gasteiger partial charge in [0, 0.05) is 15.2 Å². The molecule has 3 aromatic carbocycles. The van der Waals surface area contributed by atoms with Crippen molar-refractivity contribution < 1.29 is 18.7 Å². The van der Waals surface area contributed by atoms with Crippen LogP contribution in [0.15, 0.2) is 59.1 Å². The van der Waals surface area contributed by atoms with Gasteiger partial charge in [-0.25, -0.2) is 4.39 Å². The molecule has 0 aliphatic heterocycles. The van der Waals surface area contributed by atoms with E-state index in [1.54, 1.807) is 12.1 Å². The molecule has 0 aliphatic rings. The average Bonchev–Trinajstić information content (AvgIpc) is 2.63. The molecule has 0 fully saturated rings. The number of halogens is 2. The summed E-state index contributed by atoms with van der Waals surface area (Å²) in [5.74, 6) is -0.165. The Morgan fingerprint density at radius 2 is 1.84 bits per heavy atom. The summed E-state index contributed by atoms with van der Waals surface area (Å²) in [5, 5.41) is 1.43. The van der Waals surface area contributed by atoms with E-state index in [1.165, 1.54) is 19.2 Å². The fourth-order valence-corrected chi connectivity index (χ4v) is 3.20. The summed E-state index contributed by atoms with van der Waals surface area (Å²) in [6.07, 6.45) is 0.103. The molecule has 128 valence electrons. The van der Waals surface area contributed by atoms with E-state index in [0.717, 1.165) is 21.0 Å². The maximum atomic E-state index is 13.7. The first-order valence-electron chi connectivity index (χ1n) is 7.72. The van der Waals surface area contributed by atoms with Gasteiger partial charge in [-0.05, 0) is 45.3 Å². The summed E-state index contributed by atoms with van der Waals surface area (Å²) in [7, 11) is 1.35. The second-order valence-electron chi connectivity index (χ2n) is 5.56. The number of hydrogen-bond acceptors (Lipinski definition) is 3. The van der Waals surface area contributed by atoms with Crippen LogP contribution in [0.1, 0.15) is 11.1 Å². The van der Waals surface area contributed by atoms with Gasteiger partial charge < -0.3 is 9.47 Å². The van der Waals surface area contributed by atoms with Gasteiger partial charge in [-0.2, -0.15) is 0 Å². The van der Waals surface area contributed by atoms with Gasteiger partial charge in [-0.3, -0.25) is 4.79 Å². The number of esters is 1. The molecule has 3 nitrogen and oxygen atoms in total. The Kier molecular flexibility index (Phi) is 5.34. The lowest BCUT2D eigenvalue weighted by atomic mass is 10.0. The second-order valence-corrected chi connectivity index (χ2v) is 6.36. The minimum absolute atomic E-state index is 0.103. The van der Waals surface area contributed by atoms with E-state index in [1.807, 2.05) is 30.3 Å². The number of benzene rings is 3. The van der Waals surface area contributed by atoms with Crippen molar-refractivity contribution in [3.63, 3.8) is 0 Å². The smallest absolute Gasteiger partial charge is 0.310 e. The number of hydrogen-bond donors (Lipinski definition) is 0. The van der Waals surface area contributed by atoms with Crippen LogP contribution in [0.3, 0.4) is 0 Å². The van der Waals surface area contributed by atoms with Crippen molar-refractivity contribution in [1.82, 2.24) is 0 Å². The lowest BCUT2D eigenvalue weighted by Gasteiger charge is -2.14. The number of fused-ring (bicyclic) bond motifs is 1. The van der Waals surface area contributed by atoms with Gasteiger partial charge in [-0.1, -0.05) is 36.4 Å². The number of rotatable bonds is 5. The Morgan fingerprint density at radius 1 is 1.08 bits per heavy atom. The Balaban J connectivity index is 2.03. The maximum Gasteiger partial charge on any atom is 0.310 e. The largest absolute Gasteiger partial charge is 0.488 e. The summed E-state index contributed by atoms with van der Waals surface area (Å²) >= 11 is 3.51. The predicted octanol–water partition coefficient (Wildman–Crippen LogP) is 5.04. The fraction of sp³-hybridized carbons (Fsp3) is 0.150. The molecular weight excluding hydrogens is 387 g/mol. The molecule has 0 bridgehead atoms. The molecule has 5 heteroatoms. The number of ether oxygens (including phenoxy) is 2. The zero-order valence-electron chi connectivity index (χ0n) is 13.6. The number of methoxy groups -OCH3 is 1. The second kappa shape index (κ2) is 7.66. The van der Waals surface area contributed by atoms with Crippen molar-refractivity contribution in [3.05, 3.63) is 76.0 Å². The summed E-state index contributed by atoms with van der Waals surface area (Å²) in [5.41, 5.74) is 1.73. The van der Waals surface area contributed by atoms with Gasteiger partial charge in [-0.15, -0.1) is 0 Å². The van der Waals surface area contributed by atoms with Crippen LogP contribution in [0.25, 0.3) is 10.8 Å². The standard InChI is InChI=1S/C20H16BrFO3/c1-24-19(23)10-14-9-18(25-12-13-5-3-2-4-6-13)17-11-15(22)7-8-16(17)20(14)21/h2-9,11H,10,12H2,1H3. The van der Waals surface area contributed by atoms with Crippen LogP contribution in [0.2, 0.25) is 0 Å². The molecule has 3 aromatic rings. The summed E-state index contributed by atoms with van der Waals surface area (Å²) < 4.78 is 25.1. The summed E-state index contributed by atoms with van der Waals surface area (Å²) in [4.78, 5) is 11.7. The van der Waals surface area contributed by atoms with E-state index < -0.39 is 0 Å². The topological polar surface area (TPSA) is 35.5 Å². The first-order chi connectivity index (χ1) is 12.1. The number of carbonyl (C=O) groups is 1. The molecule has 0 saturated carbocycles. The lowest BCUT2D eigenvalue weighted by molar-refractivity contribution is -0.139. The first kappa shape index (κ1) is 17.4. The van der Waals surface area contributed by atoms with Gasteiger partial charge in [0.1, 0.15) is 18.2 Å². The van der Waals surface area contributed by atoms with Crippen LogP contribution in [0.5, 0.6) is 5.75 Å². The van der Waals surface area contributed by atoms with E-state index in [2.05, 4.69) is 15.9 Å². The average molecular weight is 403 g/mol. The van der Waals surface area contributed by atoms with Gasteiger partial charge >= 0.3 is 5.97 Å². The quantitative estimate of drug-likeness (QED) is 0.561. The zero-order chi connectivity index (χ0) is 17.8. The monoisotopic (exact) mass is 402 g/mol. The number of carbonyl (C=O) groups excluding carboxylic acids is 1. The van der Waals surface area contributed by atoms with Crippen molar-refractivity contribution in [3.8, 4) is 5.75 Å². The highest BCUT2D eigenvalue weighted by Crippen LogP contribution is 2.36. The maximum absolute atomic E-state index is 13.7. The Labute approximate surface area is 153 Å². The first-order valence-corrected chi connectivity index (χ1v) is 8.52. The third kappa shape index (κ3) is 3.99. The highest BCUT2D eigenvalue weighted by molar-refractivity contribution is 9.10. The lowest BCUT2D eigenvalue weighted by Crippen LogP contribution is -2.06. The molecule has 0 unspecified atom stereocenters. The third-order valence-corrected chi connectivity index (χ3v) is 4.81. The predicted molar refractivity (Wildman–Crippen MR) is 98.1 cm³/mol. The van der Waals surface area contributed by atoms with Gasteiger partial charge in [0.25, 0.3) is 0 Å². The van der Waals surface area contributed by atoms with Crippen LogP contribution < -0.4 is 4.74 Å². The molecule has 25 heavy (non-hydrogen) atoms. The van der Waals surface area contributed by atoms with Gasteiger partial charge in [0.2, 0.25) is 0 Å². The van der Waals surface area contributed by atoms with E-state index in [0.29, 0.717) is 17.7 Å². The molecule has 0 atom stereocenters. The van der Waals surface area contributed by atoms with Crippen LogP contribution in [0, 0.1) is 5.82 Å². The molecule has 0 aromatic heterocycles. The summed E-state index contributed by atoms with van der Waals surface area (Å²) in [6, 6.07) is 16.0. The molecule has 0 radical (unpaired) electrons. The highest BCUT2D eigenvalue weighted by atomic mass is 79.9. The van der Waals surface area contributed by atoms with E-state index >= 15 is 0 Å². The molecule has 0 amide bonds. The SMILES string of the molecule is COC(=O)Cc1cc(OCc2ccccc2)c2cc(F)ccc2c1Br. The Hall–Kier alpha value is -2.40. The van der Waals surface area contributed by atoms with Gasteiger partial charge in [0.15, 0.2) is 0 Å². The van der Waals surface area contributed by atoms with Crippen molar-refractivity contribution >= 4 is 32.7 Å². The molecule has 0 saturated heterocycles. The van der Waals surface area contributed by atoms with Crippen LogP contribution in [-0.2, 0) is 22.6 Å². The van der Waals surface area contributed by atoms with Gasteiger partial charge in [0.05, 0.1) is 13.5 Å². The Morgan fingerprint density at radius 3 is 2.56 bits per heavy atom. The molecule has 0 N–H and O–H groups in total. The van der Waals surface area contributed by atoms with Crippen molar-refractivity contribution in [2.45, 2.75) is 13.0 Å². The van der Waals surface area contributed by atoms with E-state index in [-0.39, 0.29) is 18.2 Å². The molecule has 0 spiro atoms. The highest BCUT2D eigenvalue weighted by Gasteiger charge is 2.15.